The van der Waals surface area contributed by atoms with Gasteiger partial charge in [-0.1, -0.05) is 67.6 Å². The highest BCUT2D eigenvalue weighted by Crippen LogP contribution is 2.45. The highest BCUT2D eigenvalue weighted by atomic mass is 35.5. The van der Waals surface area contributed by atoms with Crippen LogP contribution in [0.25, 0.3) is 5.57 Å². The number of amides is 2. The summed E-state index contributed by atoms with van der Waals surface area (Å²) in [5, 5.41) is 0.578. The van der Waals surface area contributed by atoms with Crippen molar-refractivity contribution in [1.82, 2.24) is 4.90 Å². The normalized spacial score (nSPS) is 18.7. The maximum absolute atomic E-state index is 13.5. The molecule has 5 nitrogen and oxygen atoms in total. The molecule has 4 rings (SSSR count). The van der Waals surface area contributed by atoms with E-state index < -0.39 is 0 Å². The van der Waals surface area contributed by atoms with Crippen LogP contribution in [0.15, 0.2) is 53.4 Å². The number of benzene rings is 2. The largest absolute Gasteiger partial charge is 0.294 e. The molecule has 1 fully saturated rings. The number of carbonyl (C=O) groups excluding carboxylic acids is 2. The average Bonchev–Trinajstić information content (AvgIpc) is 3.19. The van der Waals surface area contributed by atoms with Crippen molar-refractivity contribution in [1.29, 1.82) is 0 Å². The Morgan fingerprint density at radius 1 is 1.00 bits per heavy atom. The van der Waals surface area contributed by atoms with E-state index in [9.17, 15) is 9.59 Å². The second-order valence-electron chi connectivity index (χ2n) is 6.88. The molecule has 0 spiro atoms. The Kier molecular flexibility index (Phi) is 5.97. The van der Waals surface area contributed by atoms with Gasteiger partial charge in [-0.3, -0.25) is 24.3 Å². The first-order chi connectivity index (χ1) is 14.5. The van der Waals surface area contributed by atoms with Crippen molar-refractivity contribution in [2.24, 2.45) is 0 Å². The smallest absolute Gasteiger partial charge is 0.271 e. The Bertz CT molecular complexity index is 1060. The molecule has 0 bridgehead atoms. The van der Waals surface area contributed by atoms with Crippen LogP contribution in [-0.4, -0.2) is 40.8 Å². The fourth-order valence-corrected chi connectivity index (χ4v) is 5.09. The third-order valence-corrected chi connectivity index (χ3v) is 6.86. The van der Waals surface area contributed by atoms with E-state index in [0.717, 1.165) is 24.3 Å². The van der Waals surface area contributed by atoms with Crippen LogP contribution in [0.2, 0.25) is 5.02 Å². The summed E-state index contributed by atoms with van der Waals surface area (Å²) in [6.07, 6.45) is 0. The lowest BCUT2D eigenvalue weighted by Gasteiger charge is -2.25. The number of hydrogen-bond acceptors (Lipinski definition) is 5. The van der Waals surface area contributed by atoms with Crippen LogP contribution < -0.4 is 9.80 Å². The highest BCUT2D eigenvalue weighted by Gasteiger charge is 2.42. The van der Waals surface area contributed by atoms with Crippen LogP contribution in [0.3, 0.4) is 0 Å². The van der Waals surface area contributed by atoms with Gasteiger partial charge in [0.05, 0.1) is 28.5 Å². The third kappa shape index (κ3) is 3.56. The standard InChI is InChI=1S/C22H20ClN3O2S2/c1-3-24(4-2)13-25-17-8-6-5-7-16(17)18(20(25)27)19-21(28)26(22(29)30-19)15-11-9-14(23)10-12-15/h5-12H,3-4,13H2,1-2H3. The summed E-state index contributed by atoms with van der Waals surface area (Å²) in [4.78, 5) is 32.5. The van der Waals surface area contributed by atoms with Gasteiger partial charge in [-0.2, -0.15) is 0 Å². The summed E-state index contributed by atoms with van der Waals surface area (Å²) in [6.45, 7) is 6.26. The number of rotatable bonds is 5. The van der Waals surface area contributed by atoms with Crippen molar-refractivity contribution in [2.75, 3.05) is 29.6 Å². The topological polar surface area (TPSA) is 43.9 Å². The highest BCUT2D eigenvalue weighted by molar-refractivity contribution is 8.27. The third-order valence-electron chi connectivity index (χ3n) is 5.24. The second-order valence-corrected chi connectivity index (χ2v) is 8.96. The fourth-order valence-electron chi connectivity index (χ4n) is 3.60. The average molecular weight is 458 g/mol. The molecule has 0 N–H and O–H groups in total. The van der Waals surface area contributed by atoms with Crippen molar-refractivity contribution in [3.05, 3.63) is 64.0 Å². The molecule has 8 heteroatoms. The van der Waals surface area contributed by atoms with Gasteiger partial charge < -0.3 is 0 Å². The number of thiocarbonyl (C=S) groups is 1. The maximum atomic E-state index is 13.5. The summed E-state index contributed by atoms with van der Waals surface area (Å²) < 4.78 is 0.400. The van der Waals surface area contributed by atoms with Crippen LogP contribution in [0, 0.1) is 0 Å². The number of nitrogens with zero attached hydrogens (tertiary/aromatic N) is 3. The van der Waals surface area contributed by atoms with E-state index in [2.05, 4.69) is 18.7 Å². The lowest BCUT2D eigenvalue weighted by atomic mass is 10.1. The molecule has 0 aromatic heterocycles. The number of hydrogen-bond donors (Lipinski definition) is 0. The molecule has 2 amide bonds. The fraction of sp³-hybridized carbons (Fsp3) is 0.227. The zero-order chi connectivity index (χ0) is 21.4. The van der Waals surface area contributed by atoms with Crippen LogP contribution in [0.5, 0.6) is 0 Å². The second kappa shape index (κ2) is 8.51. The van der Waals surface area contributed by atoms with Crippen molar-refractivity contribution in [2.45, 2.75) is 13.8 Å². The first kappa shape index (κ1) is 21.1. The van der Waals surface area contributed by atoms with Crippen molar-refractivity contribution < 1.29 is 9.59 Å². The van der Waals surface area contributed by atoms with Crippen molar-refractivity contribution in [3.63, 3.8) is 0 Å². The maximum Gasteiger partial charge on any atom is 0.271 e. The number of fused-ring (bicyclic) bond motifs is 1. The minimum absolute atomic E-state index is 0.167. The van der Waals surface area contributed by atoms with Gasteiger partial charge in [0.25, 0.3) is 11.8 Å². The van der Waals surface area contributed by atoms with Crippen LogP contribution in [0.4, 0.5) is 11.4 Å². The summed E-state index contributed by atoms with van der Waals surface area (Å²) >= 11 is 12.6. The molecular formula is C22H20ClN3O2S2. The van der Waals surface area contributed by atoms with E-state index in [1.807, 2.05) is 24.3 Å². The van der Waals surface area contributed by atoms with Crippen molar-refractivity contribution >= 4 is 68.7 Å². The van der Waals surface area contributed by atoms with Gasteiger partial charge in [0, 0.05) is 10.6 Å². The zero-order valence-electron chi connectivity index (χ0n) is 16.6. The Balaban J connectivity index is 1.77. The Hall–Kier alpha value is -2.19. The first-order valence-corrected chi connectivity index (χ1v) is 11.3. The van der Waals surface area contributed by atoms with Gasteiger partial charge in [0.1, 0.15) is 0 Å². The Labute approximate surface area is 190 Å². The van der Waals surface area contributed by atoms with Crippen LogP contribution in [0.1, 0.15) is 19.4 Å². The van der Waals surface area contributed by atoms with E-state index in [1.165, 1.54) is 16.7 Å². The summed E-state index contributed by atoms with van der Waals surface area (Å²) in [5.41, 5.74) is 2.65. The monoisotopic (exact) mass is 457 g/mol. The van der Waals surface area contributed by atoms with E-state index in [-0.39, 0.29) is 11.8 Å². The summed E-state index contributed by atoms with van der Waals surface area (Å²) in [6, 6.07) is 14.5. The van der Waals surface area contributed by atoms with Gasteiger partial charge in [0.15, 0.2) is 4.32 Å². The van der Waals surface area contributed by atoms with Gasteiger partial charge in [-0.15, -0.1) is 0 Å². The van der Waals surface area contributed by atoms with Gasteiger partial charge in [-0.05, 0) is 43.4 Å². The summed E-state index contributed by atoms with van der Waals surface area (Å²) in [5.74, 6) is -0.449. The quantitative estimate of drug-likeness (QED) is 0.478. The van der Waals surface area contributed by atoms with E-state index >= 15 is 0 Å². The number of carbonyl (C=O) groups is 2. The minimum atomic E-state index is -0.282. The van der Waals surface area contributed by atoms with E-state index in [0.29, 0.717) is 32.2 Å². The molecule has 30 heavy (non-hydrogen) atoms. The number of para-hydroxylation sites is 1. The van der Waals surface area contributed by atoms with Gasteiger partial charge in [0.2, 0.25) is 0 Å². The molecule has 1 saturated heterocycles. The summed E-state index contributed by atoms with van der Waals surface area (Å²) in [7, 11) is 0. The van der Waals surface area contributed by atoms with Crippen molar-refractivity contribution in [3.8, 4) is 0 Å². The lowest BCUT2D eigenvalue weighted by molar-refractivity contribution is -0.115. The SMILES string of the molecule is CCN(CC)CN1C(=O)C(=C2SC(=S)N(c3ccc(Cl)cc3)C2=O)c2ccccc21. The Morgan fingerprint density at radius 2 is 1.67 bits per heavy atom. The Morgan fingerprint density at radius 3 is 2.33 bits per heavy atom. The molecule has 0 unspecified atom stereocenters. The van der Waals surface area contributed by atoms with Gasteiger partial charge in [-0.25, -0.2) is 0 Å². The molecular weight excluding hydrogens is 438 g/mol. The molecule has 2 aliphatic heterocycles. The molecule has 2 aromatic carbocycles. The molecule has 154 valence electrons. The molecule has 0 radical (unpaired) electrons. The molecule has 2 aromatic rings. The predicted molar refractivity (Wildman–Crippen MR) is 128 cm³/mol. The molecule has 0 saturated carbocycles. The molecule has 0 aliphatic carbocycles. The van der Waals surface area contributed by atoms with Crippen LogP contribution in [-0.2, 0) is 9.59 Å². The number of halogens is 1. The molecule has 0 atom stereocenters. The number of anilines is 2. The lowest BCUT2D eigenvalue weighted by Crippen LogP contribution is -2.39. The predicted octanol–water partition coefficient (Wildman–Crippen LogP) is 4.76. The zero-order valence-corrected chi connectivity index (χ0v) is 19.0. The molecule has 2 aliphatic rings. The minimum Gasteiger partial charge on any atom is -0.294 e. The van der Waals surface area contributed by atoms with E-state index in [1.54, 1.807) is 29.2 Å². The van der Waals surface area contributed by atoms with Gasteiger partial charge >= 0.3 is 0 Å². The first-order valence-electron chi connectivity index (χ1n) is 9.66. The van der Waals surface area contributed by atoms with Crippen LogP contribution >= 0.6 is 35.6 Å². The number of thioether (sulfide) groups is 1. The van der Waals surface area contributed by atoms with E-state index in [4.69, 9.17) is 23.8 Å². The molecule has 2 heterocycles.